The first kappa shape index (κ1) is 12.2. The predicted octanol–water partition coefficient (Wildman–Crippen LogP) is 3.03. The second-order valence-corrected chi connectivity index (χ2v) is 6.58. The zero-order valence-electron chi connectivity index (χ0n) is 10.2. The molecule has 1 saturated carbocycles. The lowest BCUT2D eigenvalue weighted by Gasteiger charge is -2.32. The molecule has 1 aliphatic carbocycles. The Morgan fingerprint density at radius 3 is 2.56 bits per heavy atom. The fourth-order valence-electron chi connectivity index (χ4n) is 2.79. The lowest BCUT2D eigenvalue weighted by molar-refractivity contribution is 0.0168. The third-order valence-corrected chi connectivity index (χ3v) is 4.35. The van der Waals surface area contributed by atoms with Crippen molar-refractivity contribution in [2.24, 2.45) is 11.8 Å². The van der Waals surface area contributed by atoms with Crippen LogP contribution < -0.4 is 0 Å². The zero-order valence-corrected chi connectivity index (χ0v) is 11.8. The Labute approximate surface area is 106 Å². The van der Waals surface area contributed by atoms with Crippen molar-refractivity contribution in [2.45, 2.75) is 45.3 Å². The second kappa shape index (κ2) is 4.21. The third kappa shape index (κ3) is 2.36. The summed E-state index contributed by atoms with van der Waals surface area (Å²) in [5, 5.41) is 1.07. The normalized spacial score (nSPS) is 33.2. The van der Waals surface area contributed by atoms with Gasteiger partial charge < -0.3 is 9.64 Å². The lowest BCUT2D eigenvalue weighted by atomic mass is 9.97. The van der Waals surface area contributed by atoms with Crippen LogP contribution in [-0.4, -0.2) is 34.5 Å². The van der Waals surface area contributed by atoms with Crippen molar-refractivity contribution in [2.75, 3.05) is 11.9 Å². The minimum Gasteiger partial charge on any atom is -0.444 e. The van der Waals surface area contributed by atoms with E-state index in [2.05, 4.69) is 15.9 Å². The summed E-state index contributed by atoms with van der Waals surface area (Å²) in [7, 11) is 0. The van der Waals surface area contributed by atoms with Crippen LogP contribution in [0.5, 0.6) is 0 Å². The van der Waals surface area contributed by atoms with Gasteiger partial charge in [0.25, 0.3) is 0 Å². The number of hydrogen-bond acceptors (Lipinski definition) is 2. The molecule has 1 heterocycles. The summed E-state index contributed by atoms with van der Waals surface area (Å²) in [6.45, 7) is 6.64. The number of likely N-dealkylation sites (tertiary alicyclic amines) is 1. The number of amides is 1. The van der Waals surface area contributed by atoms with Crippen LogP contribution in [0.2, 0.25) is 0 Å². The van der Waals surface area contributed by atoms with Crippen molar-refractivity contribution >= 4 is 22.0 Å². The van der Waals surface area contributed by atoms with Gasteiger partial charge in [-0.05, 0) is 45.4 Å². The summed E-state index contributed by atoms with van der Waals surface area (Å²) in [6, 6.07) is 0.419. The molecule has 1 saturated heterocycles. The van der Waals surface area contributed by atoms with E-state index >= 15 is 0 Å². The molecule has 2 bridgehead atoms. The van der Waals surface area contributed by atoms with E-state index in [9.17, 15) is 4.79 Å². The predicted molar refractivity (Wildman–Crippen MR) is 66.7 cm³/mol. The van der Waals surface area contributed by atoms with Gasteiger partial charge in [-0.2, -0.15) is 0 Å². The number of carbonyl (C=O) groups is 1. The van der Waals surface area contributed by atoms with Crippen LogP contribution in [0.15, 0.2) is 0 Å². The monoisotopic (exact) mass is 289 g/mol. The molecule has 92 valence electrons. The minimum absolute atomic E-state index is 0.131. The van der Waals surface area contributed by atoms with Gasteiger partial charge in [0.1, 0.15) is 5.60 Å². The maximum atomic E-state index is 11.9. The Morgan fingerprint density at radius 1 is 1.44 bits per heavy atom. The summed E-state index contributed by atoms with van der Waals surface area (Å²) in [5.41, 5.74) is -0.381. The van der Waals surface area contributed by atoms with Gasteiger partial charge in [-0.3, -0.25) is 0 Å². The zero-order chi connectivity index (χ0) is 11.9. The molecule has 4 heteroatoms. The number of halogens is 1. The van der Waals surface area contributed by atoms with Crippen LogP contribution >= 0.6 is 15.9 Å². The van der Waals surface area contributed by atoms with Gasteiger partial charge in [0.05, 0.1) is 0 Å². The molecule has 0 aromatic heterocycles. The van der Waals surface area contributed by atoms with Gasteiger partial charge >= 0.3 is 6.09 Å². The van der Waals surface area contributed by atoms with Gasteiger partial charge in [-0.15, -0.1) is 0 Å². The molecule has 0 aromatic carbocycles. The molecular formula is C12H20BrNO2. The van der Waals surface area contributed by atoms with Crippen LogP contribution in [0.25, 0.3) is 0 Å². The molecule has 0 N–H and O–H groups in total. The van der Waals surface area contributed by atoms with Crippen molar-refractivity contribution in [3.8, 4) is 0 Å². The van der Waals surface area contributed by atoms with E-state index in [1.807, 2.05) is 25.7 Å². The molecule has 3 unspecified atom stereocenters. The smallest absolute Gasteiger partial charge is 0.410 e. The lowest BCUT2D eigenvalue weighted by Crippen LogP contribution is -2.43. The fraction of sp³-hybridized carbons (Fsp3) is 0.917. The number of hydrogen-bond donors (Lipinski definition) is 0. The van der Waals surface area contributed by atoms with Crippen molar-refractivity contribution in [3.63, 3.8) is 0 Å². The third-order valence-electron chi connectivity index (χ3n) is 3.51. The number of rotatable bonds is 1. The van der Waals surface area contributed by atoms with E-state index in [0.717, 1.165) is 30.6 Å². The van der Waals surface area contributed by atoms with E-state index < -0.39 is 0 Å². The van der Waals surface area contributed by atoms with Gasteiger partial charge in [-0.25, -0.2) is 4.79 Å². The Morgan fingerprint density at radius 2 is 2.12 bits per heavy atom. The first-order chi connectivity index (χ1) is 7.40. The topological polar surface area (TPSA) is 29.5 Å². The van der Waals surface area contributed by atoms with E-state index in [0.29, 0.717) is 12.0 Å². The van der Waals surface area contributed by atoms with Crippen molar-refractivity contribution in [3.05, 3.63) is 0 Å². The summed E-state index contributed by atoms with van der Waals surface area (Å²) >= 11 is 3.55. The fourth-order valence-corrected chi connectivity index (χ4v) is 3.59. The van der Waals surface area contributed by atoms with E-state index in [1.54, 1.807) is 0 Å². The van der Waals surface area contributed by atoms with Gasteiger partial charge in [0.2, 0.25) is 0 Å². The highest BCUT2D eigenvalue weighted by Crippen LogP contribution is 2.43. The molecule has 2 aliphatic rings. The van der Waals surface area contributed by atoms with Crippen molar-refractivity contribution < 1.29 is 9.53 Å². The number of carbonyl (C=O) groups excluding carboxylic acids is 1. The first-order valence-electron chi connectivity index (χ1n) is 5.96. The number of piperidine rings is 1. The molecular weight excluding hydrogens is 270 g/mol. The van der Waals surface area contributed by atoms with Crippen LogP contribution in [0.4, 0.5) is 4.79 Å². The summed E-state index contributed by atoms with van der Waals surface area (Å²) in [6.07, 6.45) is 2.16. The van der Waals surface area contributed by atoms with Crippen molar-refractivity contribution in [1.29, 1.82) is 0 Å². The quantitative estimate of drug-likeness (QED) is 0.695. The van der Waals surface area contributed by atoms with Crippen molar-refractivity contribution in [1.82, 2.24) is 4.90 Å². The maximum Gasteiger partial charge on any atom is 0.410 e. The largest absolute Gasteiger partial charge is 0.444 e. The van der Waals surface area contributed by atoms with Gasteiger partial charge in [-0.1, -0.05) is 15.9 Å². The minimum atomic E-state index is -0.381. The van der Waals surface area contributed by atoms with Gasteiger partial charge in [0, 0.05) is 17.9 Å². The molecule has 2 rings (SSSR count). The molecule has 0 aromatic rings. The molecule has 0 radical (unpaired) electrons. The van der Waals surface area contributed by atoms with E-state index in [4.69, 9.17) is 4.74 Å². The second-order valence-electron chi connectivity index (χ2n) is 5.93. The van der Waals surface area contributed by atoms with E-state index in [-0.39, 0.29) is 11.7 Å². The SMILES string of the molecule is CC(C)(C)OC(=O)N1CC2CC1CC2CBr. The Bertz CT molecular complexity index is 287. The summed E-state index contributed by atoms with van der Waals surface area (Å²) < 4.78 is 5.42. The first-order valence-corrected chi connectivity index (χ1v) is 7.08. The highest BCUT2D eigenvalue weighted by atomic mass is 79.9. The average molecular weight is 290 g/mol. The molecule has 3 nitrogen and oxygen atoms in total. The Kier molecular flexibility index (Phi) is 3.21. The van der Waals surface area contributed by atoms with Gasteiger partial charge in [0.15, 0.2) is 0 Å². The molecule has 0 spiro atoms. The highest BCUT2D eigenvalue weighted by molar-refractivity contribution is 9.09. The van der Waals surface area contributed by atoms with Crippen LogP contribution in [0.3, 0.4) is 0 Å². The average Bonchev–Trinajstić information content (AvgIpc) is 2.72. The highest BCUT2D eigenvalue weighted by Gasteiger charge is 2.46. The standard InChI is InChI=1S/C12H20BrNO2/c1-12(2,3)16-11(15)14-7-9-5-10(14)4-8(9)6-13/h8-10H,4-7H2,1-3H3. The summed E-state index contributed by atoms with van der Waals surface area (Å²) in [5.74, 6) is 1.43. The Hall–Kier alpha value is -0.250. The van der Waals surface area contributed by atoms with E-state index in [1.165, 1.54) is 0 Å². The Balaban J connectivity index is 1.93. The molecule has 3 atom stereocenters. The van der Waals surface area contributed by atoms with Crippen LogP contribution in [0, 0.1) is 11.8 Å². The number of fused-ring (bicyclic) bond motifs is 2. The van der Waals surface area contributed by atoms with Crippen LogP contribution in [-0.2, 0) is 4.74 Å². The molecule has 1 aliphatic heterocycles. The summed E-state index contributed by atoms with van der Waals surface area (Å²) in [4.78, 5) is 13.9. The molecule has 16 heavy (non-hydrogen) atoms. The number of ether oxygens (including phenoxy) is 1. The van der Waals surface area contributed by atoms with Crippen LogP contribution in [0.1, 0.15) is 33.6 Å². The molecule has 1 amide bonds. The maximum absolute atomic E-state index is 11.9. The number of nitrogens with zero attached hydrogens (tertiary/aromatic N) is 1. The molecule has 2 fully saturated rings. The number of alkyl halides is 1.